The van der Waals surface area contributed by atoms with Crippen molar-refractivity contribution in [1.82, 2.24) is 5.32 Å². The highest BCUT2D eigenvalue weighted by atomic mass is 35.5. The van der Waals surface area contributed by atoms with Crippen molar-refractivity contribution in [3.05, 3.63) is 65.4 Å². The maximum atomic E-state index is 6.15. The molecule has 1 heterocycles. The summed E-state index contributed by atoms with van der Waals surface area (Å²) in [7, 11) is 1.80. The highest BCUT2D eigenvalue weighted by Crippen LogP contribution is 2.38. The minimum absolute atomic E-state index is 0. The molecule has 0 unspecified atom stereocenters. The average molecular weight is 336 g/mol. The van der Waals surface area contributed by atoms with Crippen LogP contribution in [0.1, 0.15) is 0 Å². The molecule has 0 fully saturated rings. The normalized spacial score (nSPS) is 15.8. The predicted molar refractivity (Wildman–Crippen MR) is 102 cm³/mol. The van der Waals surface area contributed by atoms with Crippen molar-refractivity contribution in [3.8, 4) is 5.75 Å². The Bertz CT molecular complexity index is 654. The summed E-state index contributed by atoms with van der Waals surface area (Å²) >= 11 is 0. The van der Waals surface area contributed by atoms with Gasteiger partial charge in [0, 0.05) is 17.2 Å². The first-order valence-corrected chi connectivity index (χ1v) is 8.81. The minimum Gasteiger partial charge on any atom is -0.492 e. The molecule has 4 heteroatoms. The van der Waals surface area contributed by atoms with Gasteiger partial charge >= 0.3 is 0 Å². The van der Waals surface area contributed by atoms with Gasteiger partial charge in [-0.25, -0.2) is 10.9 Å². The molecule has 0 saturated heterocycles. The summed E-state index contributed by atoms with van der Waals surface area (Å²) < 4.78 is 6.15. The molecule has 0 saturated carbocycles. The van der Waals surface area contributed by atoms with E-state index in [1.165, 1.54) is 10.8 Å². The fourth-order valence-corrected chi connectivity index (χ4v) is 4.41. The van der Waals surface area contributed by atoms with Crippen LogP contribution in [-0.2, 0) is 0 Å². The molecular weight excluding hydrogens is 314 g/mol. The largest absolute Gasteiger partial charge is 0.492 e. The van der Waals surface area contributed by atoms with Crippen molar-refractivity contribution < 1.29 is 4.74 Å². The number of nitrogens with one attached hydrogen (secondary N) is 1. The molecular formula is C18H22ClNOS. The Morgan fingerprint density at radius 2 is 1.77 bits per heavy atom. The van der Waals surface area contributed by atoms with Crippen LogP contribution in [0.2, 0.25) is 0 Å². The SMILES string of the molecule is CNC[C@@H](COc1cccc2ccccc12)[SH]1C=CC=C1.Cl. The third-order valence-corrected chi connectivity index (χ3v) is 5.88. The van der Waals surface area contributed by atoms with E-state index in [0.717, 1.165) is 18.9 Å². The summed E-state index contributed by atoms with van der Waals surface area (Å²) in [4.78, 5) is 0. The van der Waals surface area contributed by atoms with Crippen LogP contribution in [0.4, 0.5) is 0 Å². The van der Waals surface area contributed by atoms with Gasteiger partial charge in [0.15, 0.2) is 0 Å². The molecule has 2 aromatic carbocycles. The Labute approximate surface area is 141 Å². The Kier molecular flexibility index (Phi) is 6.37. The number of thiol groups is 1. The van der Waals surface area contributed by atoms with E-state index in [4.69, 9.17) is 4.74 Å². The van der Waals surface area contributed by atoms with Gasteiger partial charge in [0.25, 0.3) is 0 Å². The number of allylic oxidation sites excluding steroid dienone is 2. The predicted octanol–water partition coefficient (Wildman–Crippen LogP) is 4.27. The van der Waals surface area contributed by atoms with Gasteiger partial charge in [-0.2, -0.15) is 0 Å². The van der Waals surface area contributed by atoms with Gasteiger partial charge in [0.05, 0.1) is 0 Å². The van der Waals surface area contributed by atoms with Gasteiger partial charge < -0.3 is 10.1 Å². The fourth-order valence-electron chi connectivity index (χ4n) is 2.58. The molecule has 0 amide bonds. The molecule has 0 radical (unpaired) electrons. The molecule has 1 aliphatic rings. The van der Waals surface area contributed by atoms with E-state index in [-0.39, 0.29) is 23.3 Å². The second kappa shape index (κ2) is 8.28. The molecule has 22 heavy (non-hydrogen) atoms. The molecule has 118 valence electrons. The van der Waals surface area contributed by atoms with Gasteiger partial charge in [-0.15, -0.1) is 12.4 Å². The van der Waals surface area contributed by atoms with E-state index in [9.17, 15) is 0 Å². The summed E-state index contributed by atoms with van der Waals surface area (Å²) in [6, 6.07) is 14.6. The number of benzene rings is 2. The number of hydrogen-bond acceptors (Lipinski definition) is 2. The minimum atomic E-state index is -0.202. The van der Waals surface area contributed by atoms with Crippen LogP contribution in [0.15, 0.2) is 65.4 Å². The van der Waals surface area contributed by atoms with E-state index < -0.39 is 0 Å². The lowest BCUT2D eigenvalue weighted by molar-refractivity contribution is 0.318. The first-order chi connectivity index (χ1) is 10.4. The standard InChI is InChI=1S/C18H21NOS.ClH/c1-19-13-16(21-11-4-5-12-21)14-20-18-10-6-8-15-7-2-3-9-17(15)18;/h2-12,16,19,21H,13-14H2,1H3;1H/t16-;/m0./s1. The Balaban J connectivity index is 0.00000176. The zero-order chi connectivity index (χ0) is 14.5. The van der Waals surface area contributed by atoms with Gasteiger partial charge in [-0.05, 0) is 29.3 Å². The van der Waals surface area contributed by atoms with Crippen LogP contribution in [0, 0.1) is 0 Å². The quantitative estimate of drug-likeness (QED) is 0.769. The molecule has 1 N–H and O–H groups in total. The Morgan fingerprint density at radius 3 is 2.55 bits per heavy atom. The lowest BCUT2D eigenvalue weighted by Crippen LogP contribution is -2.28. The van der Waals surface area contributed by atoms with Crippen LogP contribution in [0.3, 0.4) is 0 Å². The Morgan fingerprint density at radius 1 is 1.05 bits per heavy atom. The smallest absolute Gasteiger partial charge is 0.127 e. The number of halogens is 1. The van der Waals surface area contributed by atoms with Gasteiger partial charge in [-0.3, -0.25) is 0 Å². The summed E-state index contributed by atoms with van der Waals surface area (Å²) in [6.45, 7) is 1.72. The van der Waals surface area contributed by atoms with Crippen LogP contribution in [0.25, 0.3) is 10.8 Å². The van der Waals surface area contributed by atoms with Crippen LogP contribution in [0.5, 0.6) is 5.75 Å². The van der Waals surface area contributed by atoms with E-state index >= 15 is 0 Å². The van der Waals surface area contributed by atoms with Gasteiger partial charge in [-0.1, -0.05) is 48.6 Å². The molecule has 0 aliphatic carbocycles. The Hall–Kier alpha value is -1.42. The number of hydrogen-bond donors (Lipinski definition) is 2. The highest BCUT2D eigenvalue weighted by molar-refractivity contribution is 8.22. The summed E-state index contributed by atoms with van der Waals surface area (Å²) in [6.07, 6.45) is 4.29. The lowest BCUT2D eigenvalue weighted by Gasteiger charge is -2.24. The van der Waals surface area contributed by atoms with Crippen molar-refractivity contribution in [2.75, 3.05) is 20.2 Å². The number of ether oxygens (including phenoxy) is 1. The zero-order valence-corrected chi connectivity index (χ0v) is 14.3. The average Bonchev–Trinajstić information content (AvgIpc) is 3.05. The summed E-state index contributed by atoms with van der Waals surface area (Å²) in [5.41, 5.74) is 0. The van der Waals surface area contributed by atoms with E-state index in [1.807, 2.05) is 7.05 Å². The van der Waals surface area contributed by atoms with E-state index in [0.29, 0.717) is 5.25 Å². The molecule has 1 aliphatic heterocycles. The number of fused-ring (bicyclic) bond motifs is 1. The number of rotatable bonds is 6. The maximum absolute atomic E-state index is 6.15. The zero-order valence-electron chi connectivity index (χ0n) is 12.6. The lowest BCUT2D eigenvalue weighted by atomic mass is 10.1. The third kappa shape index (κ3) is 3.86. The van der Waals surface area contributed by atoms with Crippen LogP contribution < -0.4 is 10.1 Å². The third-order valence-electron chi connectivity index (χ3n) is 3.67. The first kappa shape index (κ1) is 16.9. The molecule has 1 atom stereocenters. The second-order valence-corrected chi connectivity index (χ2v) is 7.35. The molecule has 2 aromatic rings. The molecule has 2 nitrogen and oxygen atoms in total. The first-order valence-electron chi connectivity index (χ1n) is 7.26. The van der Waals surface area contributed by atoms with Crippen LogP contribution >= 0.6 is 23.3 Å². The monoisotopic (exact) mass is 335 g/mol. The molecule has 0 spiro atoms. The molecule has 0 aromatic heterocycles. The van der Waals surface area contributed by atoms with Gasteiger partial charge in [0.1, 0.15) is 12.4 Å². The second-order valence-electron chi connectivity index (χ2n) is 5.13. The molecule has 0 bridgehead atoms. The van der Waals surface area contributed by atoms with Crippen LogP contribution in [-0.4, -0.2) is 25.4 Å². The van der Waals surface area contributed by atoms with Crippen molar-refractivity contribution >= 4 is 34.1 Å². The van der Waals surface area contributed by atoms with Gasteiger partial charge in [0.2, 0.25) is 0 Å². The van der Waals surface area contributed by atoms with Crippen molar-refractivity contribution in [2.24, 2.45) is 0 Å². The summed E-state index contributed by atoms with van der Waals surface area (Å²) in [5, 5.41) is 10.8. The highest BCUT2D eigenvalue weighted by Gasteiger charge is 2.16. The van der Waals surface area contributed by atoms with Crippen molar-refractivity contribution in [2.45, 2.75) is 5.25 Å². The maximum Gasteiger partial charge on any atom is 0.127 e. The molecule has 3 rings (SSSR count). The van der Waals surface area contributed by atoms with Crippen molar-refractivity contribution in [1.29, 1.82) is 0 Å². The summed E-state index contributed by atoms with van der Waals surface area (Å²) in [5.74, 6) is 0.983. The van der Waals surface area contributed by atoms with E-state index in [1.54, 1.807) is 0 Å². The van der Waals surface area contributed by atoms with Crippen molar-refractivity contribution in [3.63, 3.8) is 0 Å². The topological polar surface area (TPSA) is 21.3 Å². The fraction of sp³-hybridized carbons (Fsp3) is 0.222. The van der Waals surface area contributed by atoms with E-state index in [2.05, 4.69) is 70.7 Å².